The summed E-state index contributed by atoms with van der Waals surface area (Å²) < 4.78 is 33.8. The minimum Gasteiger partial charge on any atom is -0.489 e. The molecule has 0 aliphatic heterocycles. The van der Waals surface area contributed by atoms with Crippen molar-refractivity contribution in [2.45, 2.75) is 18.7 Å². The molecule has 24 heavy (non-hydrogen) atoms. The SMILES string of the molecule is Cc1cccc(C)c1OCCOC(=O)c1cccc(S(C)(=O)=O)c1. The monoisotopic (exact) mass is 348 g/mol. The molecule has 128 valence electrons. The normalized spacial score (nSPS) is 11.1. The van der Waals surface area contributed by atoms with Crippen molar-refractivity contribution in [3.8, 4) is 5.75 Å². The highest BCUT2D eigenvalue weighted by Gasteiger charge is 2.12. The number of carbonyl (C=O) groups is 1. The molecule has 0 atom stereocenters. The van der Waals surface area contributed by atoms with Gasteiger partial charge in [-0.15, -0.1) is 0 Å². The Balaban J connectivity index is 1.92. The van der Waals surface area contributed by atoms with E-state index in [1.165, 1.54) is 24.3 Å². The van der Waals surface area contributed by atoms with Gasteiger partial charge in [-0.25, -0.2) is 13.2 Å². The Kier molecular flexibility index (Phi) is 5.62. The van der Waals surface area contributed by atoms with Crippen LogP contribution in [0.5, 0.6) is 5.75 Å². The third kappa shape index (κ3) is 4.58. The van der Waals surface area contributed by atoms with Crippen molar-refractivity contribution < 1.29 is 22.7 Å². The van der Waals surface area contributed by atoms with E-state index < -0.39 is 15.8 Å². The first-order valence-corrected chi connectivity index (χ1v) is 9.34. The molecule has 0 aromatic heterocycles. The zero-order valence-electron chi connectivity index (χ0n) is 13.9. The summed E-state index contributed by atoms with van der Waals surface area (Å²) in [6.45, 7) is 4.20. The molecular weight excluding hydrogens is 328 g/mol. The van der Waals surface area contributed by atoms with Gasteiger partial charge in [0.1, 0.15) is 19.0 Å². The van der Waals surface area contributed by atoms with Crippen LogP contribution in [0.4, 0.5) is 0 Å². The van der Waals surface area contributed by atoms with Crippen molar-refractivity contribution in [2.24, 2.45) is 0 Å². The highest BCUT2D eigenvalue weighted by molar-refractivity contribution is 7.90. The predicted octanol–water partition coefficient (Wildman–Crippen LogP) is 2.94. The van der Waals surface area contributed by atoms with E-state index in [9.17, 15) is 13.2 Å². The third-order valence-corrected chi connectivity index (χ3v) is 4.58. The maximum atomic E-state index is 12.0. The van der Waals surface area contributed by atoms with Crippen LogP contribution in [-0.4, -0.2) is 33.9 Å². The molecular formula is C18H20O5S. The Morgan fingerprint density at radius 3 is 2.25 bits per heavy atom. The second-order valence-electron chi connectivity index (χ2n) is 5.51. The van der Waals surface area contributed by atoms with Gasteiger partial charge in [0, 0.05) is 6.26 Å². The topological polar surface area (TPSA) is 69.7 Å². The molecule has 0 spiro atoms. The van der Waals surface area contributed by atoms with Gasteiger partial charge in [-0.1, -0.05) is 24.3 Å². The van der Waals surface area contributed by atoms with Crippen molar-refractivity contribution >= 4 is 15.8 Å². The van der Waals surface area contributed by atoms with Gasteiger partial charge in [-0.2, -0.15) is 0 Å². The molecule has 0 amide bonds. The molecule has 2 aromatic rings. The number of esters is 1. The molecule has 0 unspecified atom stereocenters. The second-order valence-corrected chi connectivity index (χ2v) is 7.52. The van der Waals surface area contributed by atoms with Crippen molar-refractivity contribution in [1.29, 1.82) is 0 Å². The van der Waals surface area contributed by atoms with E-state index in [0.29, 0.717) is 0 Å². The second kappa shape index (κ2) is 7.49. The number of rotatable bonds is 6. The van der Waals surface area contributed by atoms with Crippen LogP contribution in [-0.2, 0) is 14.6 Å². The smallest absolute Gasteiger partial charge is 0.338 e. The molecule has 0 heterocycles. The van der Waals surface area contributed by atoms with Gasteiger partial charge in [0.05, 0.1) is 10.5 Å². The summed E-state index contributed by atoms with van der Waals surface area (Å²) in [5.41, 5.74) is 2.23. The maximum Gasteiger partial charge on any atom is 0.338 e. The largest absolute Gasteiger partial charge is 0.489 e. The number of benzene rings is 2. The van der Waals surface area contributed by atoms with Crippen LogP contribution in [0.3, 0.4) is 0 Å². The van der Waals surface area contributed by atoms with Gasteiger partial charge >= 0.3 is 5.97 Å². The number of para-hydroxylation sites is 1. The molecule has 6 heteroatoms. The molecule has 0 aliphatic rings. The lowest BCUT2D eigenvalue weighted by Gasteiger charge is -2.12. The van der Waals surface area contributed by atoms with E-state index in [-0.39, 0.29) is 23.7 Å². The number of aryl methyl sites for hydroxylation is 2. The lowest BCUT2D eigenvalue weighted by molar-refractivity contribution is 0.0449. The fraction of sp³-hybridized carbons (Fsp3) is 0.278. The molecule has 0 aliphatic carbocycles. The fourth-order valence-electron chi connectivity index (χ4n) is 2.24. The first-order valence-electron chi connectivity index (χ1n) is 7.45. The molecule has 0 N–H and O–H groups in total. The molecule has 5 nitrogen and oxygen atoms in total. The van der Waals surface area contributed by atoms with E-state index in [1.54, 1.807) is 0 Å². The van der Waals surface area contributed by atoms with Gasteiger partial charge < -0.3 is 9.47 Å². The van der Waals surface area contributed by atoms with E-state index >= 15 is 0 Å². The van der Waals surface area contributed by atoms with E-state index in [4.69, 9.17) is 9.47 Å². The molecule has 2 rings (SSSR count). The van der Waals surface area contributed by atoms with Gasteiger partial charge in [-0.05, 0) is 43.2 Å². The third-order valence-electron chi connectivity index (χ3n) is 3.47. The Bertz CT molecular complexity index is 820. The van der Waals surface area contributed by atoms with Crippen molar-refractivity contribution in [3.05, 3.63) is 59.2 Å². The van der Waals surface area contributed by atoms with Crippen molar-refractivity contribution in [2.75, 3.05) is 19.5 Å². The number of sulfone groups is 1. The fourth-order valence-corrected chi connectivity index (χ4v) is 2.91. The summed E-state index contributed by atoms with van der Waals surface area (Å²) in [5, 5.41) is 0. The van der Waals surface area contributed by atoms with Crippen LogP contribution in [0.25, 0.3) is 0 Å². The Morgan fingerprint density at radius 2 is 1.62 bits per heavy atom. The van der Waals surface area contributed by atoms with E-state index in [2.05, 4.69) is 0 Å². The maximum absolute atomic E-state index is 12.0. The quantitative estimate of drug-likeness (QED) is 0.593. The summed E-state index contributed by atoms with van der Waals surface area (Å²) in [4.78, 5) is 12.1. The zero-order valence-corrected chi connectivity index (χ0v) is 14.7. The van der Waals surface area contributed by atoms with Crippen molar-refractivity contribution in [3.63, 3.8) is 0 Å². The minimum absolute atomic E-state index is 0.0791. The Labute approximate surface area is 142 Å². The zero-order chi connectivity index (χ0) is 17.7. The van der Waals surface area contributed by atoms with Crippen LogP contribution in [0.2, 0.25) is 0 Å². The van der Waals surface area contributed by atoms with Gasteiger partial charge in [0.2, 0.25) is 0 Å². The van der Waals surface area contributed by atoms with Gasteiger partial charge in [0.15, 0.2) is 9.84 Å². The standard InChI is InChI=1S/C18H20O5S/c1-13-6-4-7-14(2)17(13)22-10-11-23-18(19)15-8-5-9-16(12-15)24(3,20)21/h4-9,12H,10-11H2,1-3H3. The van der Waals surface area contributed by atoms with Crippen LogP contribution in [0, 0.1) is 13.8 Å². The van der Waals surface area contributed by atoms with Crippen LogP contribution >= 0.6 is 0 Å². The summed E-state index contributed by atoms with van der Waals surface area (Å²) in [7, 11) is -3.36. The van der Waals surface area contributed by atoms with Gasteiger partial charge in [-0.3, -0.25) is 0 Å². The lowest BCUT2D eigenvalue weighted by atomic mass is 10.1. The van der Waals surface area contributed by atoms with Crippen LogP contribution in [0.15, 0.2) is 47.4 Å². The molecule has 2 aromatic carbocycles. The minimum atomic E-state index is -3.36. The van der Waals surface area contributed by atoms with E-state index in [1.807, 2.05) is 32.0 Å². The average molecular weight is 348 g/mol. The lowest BCUT2D eigenvalue weighted by Crippen LogP contribution is -2.13. The first kappa shape index (κ1) is 18.0. The number of carbonyl (C=O) groups excluding carboxylic acids is 1. The summed E-state index contributed by atoms with van der Waals surface area (Å²) in [6.07, 6.45) is 1.09. The first-order chi connectivity index (χ1) is 11.3. The Morgan fingerprint density at radius 1 is 1.00 bits per heavy atom. The molecule has 0 saturated heterocycles. The molecule has 0 radical (unpaired) electrons. The summed E-state index contributed by atoms with van der Waals surface area (Å²) in [6, 6.07) is 11.6. The summed E-state index contributed by atoms with van der Waals surface area (Å²) >= 11 is 0. The molecule has 0 fully saturated rings. The number of ether oxygens (including phenoxy) is 2. The predicted molar refractivity (Wildman–Crippen MR) is 91.2 cm³/mol. The summed E-state index contributed by atoms with van der Waals surface area (Å²) in [5.74, 6) is 0.207. The molecule has 0 saturated carbocycles. The van der Waals surface area contributed by atoms with Gasteiger partial charge in [0.25, 0.3) is 0 Å². The molecule has 0 bridgehead atoms. The van der Waals surface area contributed by atoms with Crippen molar-refractivity contribution in [1.82, 2.24) is 0 Å². The Hall–Kier alpha value is -2.34. The van der Waals surface area contributed by atoms with E-state index in [0.717, 1.165) is 23.1 Å². The number of hydrogen-bond donors (Lipinski definition) is 0. The highest BCUT2D eigenvalue weighted by atomic mass is 32.2. The van der Waals surface area contributed by atoms with Crippen LogP contribution in [0.1, 0.15) is 21.5 Å². The average Bonchev–Trinajstić information content (AvgIpc) is 2.53. The highest BCUT2D eigenvalue weighted by Crippen LogP contribution is 2.22. The van der Waals surface area contributed by atoms with Crippen LogP contribution < -0.4 is 4.74 Å². The number of hydrogen-bond acceptors (Lipinski definition) is 5.